The molecule has 0 aliphatic carbocycles. The van der Waals surface area contributed by atoms with Gasteiger partial charge < -0.3 is 20.1 Å². The van der Waals surface area contributed by atoms with Crippen molar-refractivity contribution in [2.24, 2.45) is 0 Å². The van der Waals surface area contributed by atoms with Gasteiger partial charge in [-0.05, 0) is 45.3 Å². The predicted molar refractivity (Wildman–Crippen MR) is 81.7 cm³/mol. The van der Waals surface area contributed by atoms with Crippen LogP contribution in [0.3, 0.4) is 0 Å². The Hall–Kier alpha value is -0.620. The van der Waals surface area contributed by atoms with Crippen molar-refractivity contribution in [2.75, 3.05) is 33.8 Å². The molecule has 2 N–H and O–H groups in total. The molecule has 0 fully saturated rings. The first-order valence-corrected chi connectivity index (χ1v) is 7.21. The maximum absolute atomic E-state index is 9.84. The van der Waals surface area contributed by atoms with Crippen LogP contribution in [0.15, 0.2) is 28.7 Å². The Labute approximate surface area is 123 Å². The number of rotatable bonds is 8. The smallest absolute Gasteiger partial charge is 0.119 e. The highest BCUT2D eigenvalue weighted by Gasteiger charge is 2.08. The summed E-state index contributed by atoms with van der Waals surface area (Å²) in [6.07, 6.45) is -0.506. The molecule has 0 aliphatic heterocycles. The lowest BCUT2D eigenvalue weighted by atomic mass is 10.3. The van der Waals surface area contributed by atoms with Gasteiger partial charge in [0.15, 0.2) is 0 Å². The van der Waals surface area contributed by atoms with E-state index in [9.17, 15) is 5.11 Å². The van der Waals surface area contributed by atoms with Crippen LogP contribution >= 0.6 is 15.9 Å². The van der Waals surface area contributed by atoms with Gasteiger partial charge in [0, 0.05) is 23.6 Å². The molecule has 0 aliphatic rings. The Kier molecular flexibility index (Phi) is 7.38. The van der Waals surface area contributed by atoms with Crippen LogP contribution in [-0.2, 0) is 0 Å². The number of aliphatic hydroxyl groups is 1. The molecular weight excluding hydrogens is 308 g/mol. The van der Waals surface area contributed by atoms with Crippen LogP contribution in [0.2, 0.25) is 0 Å². The Balaban J connectivity index is 2.20. The lowest BCUT2D eigenvalue weighted by Gasteiger charge is -2.20. The summed E-state index contributed by atoms with van der Waals surface area (Å²) in [5.41, 5.74) is 0. The maximum atomic E-state index is 9.84. The summed E-state index contributed by atoms with van der Waals surface area (Å²) in [4.78, 5) is 2.11. The number of aliphatic hydroxyl groups excluding tert-OH is 1. The largest absolute Gasteiger partial charge is 0.491 e. The number of ether oxygens (including phenoxy) is 1. The monoisotopic (exact) mass is 330 g/mol. The second-order valence-electron chi connectivity index (χ2n) is 4.99. The van der Waals surface area contributed by atoms with Crippen LogP contribution in [0.25, 0.3) is 0 Å². The van der Waals surface area contributed by atoms with E-state index in [-0.39, 0.29) is 0 Å². The highest BCUT2D eigenvalue weighted by Crippen LogP contribution is 2.16. The van der Waals surface area contributed by atoms with Crippen molar-refractivity contribution in [2.45, 2.75) is 19.1 Å². The third kappa shape index (κ3) is 7.52. The van der Waals surface area contributed by atoms with Gasteiger partial charge in [-0.15, -0.1) is 0 Å². The summed E-state index contributed by atoms with van der Waals surface area (Å²) >= 11 is 3.37. The number of halogens is 1. The molecule has 108 valence electrons. The van der Waals surface area contributed by atoms with Crippen LogP contribution < -0.4 is 10.1 Å². The molecule has 0 radical (unpaired) electrons. The fourth-order valence-corrected chi connectivity index (χ4v) is 2.00. The quantitative estimate of drug-likeness (QED) is 0.762. The highest BCUT2D eigenvalue weighted by atomic mass is 79.9. The molecule has 19 heavy (non-hydrogen) atoms. The first-order chi connectivity index (χ1) is 8.97. The van der Waals surface area contributed by atoms with E-state index in [4.69, 9.17) is 4.74 Å². The maximum Gasteiger partial charge on any atom is 0.119 e. The van der Waals surface area contributed by atoms with Gasteiger partial charge in [-0.3, -0.25) is 0 Å². The second kappa shape index (κ2) is 8.53. The van der Waals surface area contributed by atoms with Crippen LogP contribution in [0.1, 0.15) is 6.92 Å². The van der Waals surface area contributed by atoms with Gasteiger partial charge in [0.25, 0.3) is 0 Å². The number of hydrogen-bond acceptors (Lipinski definition) is 4. The Bertz CT molecular complexity index is 357. The molecule has 0 heterocycles. The topological polar surface area (TPSA) is 44.7 Å². The van der Waals surface area contributed by atoms with Crippen molar-refractivity contribution < 1.29 is 9.84 Å². The second-order valence-corrected chi connectivity index (χ2v) is 5.91. The van der Waals surface area contributed by atoms with Gasteiger partial charge in [0.1, 0.15) is 18.5 Å². The van der Waals surface area contributed by atoms with Crippen LogP contribution in [0.5, 0.6) is 5.75 Å². The van der Waals surface area contributed by atoms with Crippen LogP contribution in [-0.4, -0.2) is 55.9 Å². The molecule has 0 saturated carbocycles. The van der Waals surface area contributed by atoms with Gasteiger partial charge in [0.05, 0.1) is 0 Å². The summed E-state index contributed by atoms with van der Waals surface area (Å²) in [6.45, 7) is 3.87. The summed E-state index contributed by atoms with van der Waals surface area (Å²) in [5.74, 6) is 0.767. The lowest BCUT2D eigenvalue weighted by Crippen LogP contribution is -2.41. The van der Waals surface area contributed by atoms with Crippen molar-refractivity contribution in [3.8, 4) is 5.75 Å². The molecular formula is C14H23BrN2O2. The van der Waals surface area contributed by atoms with Crippen molar-refractivity contribution in [1.82, 2.24) is 10.2 Å². The van der Waals surface area contributed by atoms with Crippen LogP contribution in [0.4, 0.5) is 0 Å². The number of nitrogens with one attached hydrogen (secondary N) is 1. The van der Waals surface area contributed by atoms with Gasteiger partial charge in [-0.1, -0.05) is 15.9 Å². The van der Waals surface area contributed by atoms with Crippen molar-refractivity contribution in [1.29, 1.82) is 0 Å². The molecule has 2 unspecified atom stereocenters. The van der Waals surface area contributed by atoms with E-state index >= 15 is 0 Å². The van der Waals surface area contributed by atoms with Gasteiger partial charge in [-0.2, -0.15) is 0 Å². The SMILES string of the molecule is CC(CN(C)C)NCC(O)COc1ccc(Br)cc1. The molecule has 2 atom stereocenters. The van der Waals surface area contributed by atoms with Gasteiger partial charge >= 0.3 is 0 Å². The number of hydrogen-bond donors (Lipinski definition) is 2. The molecule has 1 rings (SSSR count). The zero-order valence-corrected chi connectivity index (χ0v) is 13.4. The van der Waals surface area contributed by atoms with E-state index in [1.54, 1.807) is 0 Å². The van der Waals surface area contributed by atoms with E-state index in [0.29, 0.717) is 19.2 Å². The van der Waals surface area contributed by atoms with Crippen molar-refractivity contribution >= 4 is 15.9 Å². The molecule has 5 heteroatoms. The number of likely N-dealkylation sites (N-methyl/N-ethyl adjacent to an activating group) is 1. The third-order valence-corrected chi connectivity index (χ3v) is 3.13. The first-order valence-electron chi connectivity index (χ1n) is 6.42. The average Bonchev–Trinajstić information content (AvgIpc) is 2.35. The summed E-state index contributed by atoms with van der Waals surface area (Å²) in [6, 6.07) is 7.92. The predicted octanol–water partition coefficient (Wildman–Crippen LogP) is 1.73. The summed E-state index contributed by atoms with van der Waals surface area (Å²) < 4.78 is 6.53. The average molecular weight is 331 g/mol. The number of nitrogens with zero attached hydrogens (tertiary/aromatic N) is 1. The molecule has 4 nitrogen and oxygen atoms in total. The van der Waals surface area contributed by atoms with Gasteiger partial charge in [0.2, 0.25) is 0 Å². The minimum atomic E-state index is -0.506. The van der Waals surface area contributed by atoms with Gasteiger partial charge in [-0.25, -0.2) is 0 Å². The van der Waals surface area contributed by atoms with E-state index in [1.807, 2.05) is 38.4 Å². The number of benzene rings is 1. The van der Waals surface area contributed by atoms with E-state index in [2.05, 4.69) is 33.1 Å². The zero-order chi connectivity index (χ0) is 14.3. The lowest BCUT2D eigenvalue weighted by molar-refractivity contribution is 0.103. The zero-order valence-electron chi connectivity index (χ0n) is 11.8. The van der Waals surface area contributed by atoms with E-state index in [0.717, 1.165) is 16.8 Å². The molecule has 0 bridgehead atoms. The normalized spacial score (nSPS) is 14.4. The highest BCUT2D eigenvalue weighted by molar-refractivity contribution is 9.10. The Morgan fingerprint density at radius 3 is 2.53 bits per heavy atom. The first kappa shape index (κ1) is 16.4. The van der Waals surface area contributed by atoms with Crippen LogP contribution in [0, 0.1) is 0 Å². The van der Waals surface area contributed by atoms with Crippen molar-refractivity contribution in [3.05, 3.63) is 28.7 Å². The molecule has 1 aromatic rings. The molecule has 0 aromatic heterocycles. The Morgan fingerprint density at radius 1 is 1.32 bits per heavy atom. The third-order valence-electron chi connectivity index (χ3n) is 2.60. The van der Waals surface area contributed by atoms with E-state index < -0.39 is 6.10 Å². The summed E-state index contributed by atoms with van der Waals surface area (Å²) in [7, 11) is 4.07. The minimum absolute atomic E-state index is 0.295. The Morgan fingerprint density at radius 2 is 1.95 bits per heavy atom. The molecule has 0 saturated heterocycles. The fraction of sp³-hybridized carbons (Fsp3) is 0.571. The standard InChI is InChI=1S/C14H23BrN2O2/c1-11(9-17(2)3)16-8-13(18)10-19-14-6-4-12(15)5-7-14/h4-7,11,13,16,18H,8-10H2,1-3H3. The minimum Gasteiger partial charge on any atom is -0.491 e. The van der Waals surface area contributed by atoms with Crippen molar-refractivity contribution in [3.63, 3.8) is 0 Å². The fourth-order valence-electron chi connectivity index (χ4n) is 1.73. The molecule has 1 aromatic carbocycles. The van der Waals surface area contributed by atoms with E-state index in [1.165, 1.54) is 0 Å². The summed E-state index contributed by atoms with van der Waals surface area (Å²) in [5, 5.41) is 13.1. The molecule has 0 spiro atoms. The molecule has 0 amide bonds.